The van der Waals surface area contributed by atoms with Gasteiger partial charge in [-0.1, -0.05) is 71.2 Å². The smallest absolute Gasteiger partial charge is 0.128 e. The van der Waals surface area contributed by atoms with E-state index in [0.717, 1.165) is 22.6 Å². The fourth-order valence-corrected chi connectivity index (χ4v) is 3.13. The number of aliphatic imine (C=N–C) groups is 1. The first-order chi connectivity index (χ1) is 12.5. The van der Waals surface area contributed by atoms with Gasteiger partial charge in [-0.15, -0.1) is 0 Å². The van der Waals surface area contributed by atoms with Crippen LogP contribution in [0.3, 0.4) is 0 Å². The van der Waals surface area contributed by atoms with Crippen LogP contribution in [0.1, 0.15) is 24.1 Å². The molecule has 0 bridgehead atoms. The van der Waals surface area contributed by atoms with Crippen molar-refractivity contribution in [1.82, 2.24) is 0 Å². The summed E-state index contributed by atoms with van der Waals surface area (Å²) in [5, 5.41) is 1.22. The quantitative estimate of drug-likeness (QED) is 0.316. The summed E-state index contributed by atoms with van der Waals surface area (Å²) in [7, 11) is 0. The summed E-state index contributed by atoms with van der Waals surface area (Å²) in [6.45, 7) is 1.95. The van der Waals surface area contributed by atoms with Crippen molar-refractivity contribution in [2.75, 3.05) is 0 Å². The average Bonchev–Trinajstić information content (AvgIpc) is 2.65. The predicted molar refractivity (Wildman–Crippen MR) is 110 cm³/mol. The zero-order chi connectivity index (χ0) is 18.5. The van der Waals surface area contributed by atoms with Crippen molar-refractivity contribution in [1.29, 1.82) is 0 Å². The van der Waals surface area contributed by atoms with Crippen LogP contribution in [0.4, 0.5) is 0 Å². The molecular formula is C21H16Cl3NO. The lowest BCUT2D eigenvalue weighted by molar-refractivity contribution is 0.482. The van der Waals surface area contributed by atoms with Crippen molar-refractivity contribution in [2.24, 2.45) is 4.99 Å². The van der Waals surface area contributed by atoms with E-state index < -0.39 is 0 Å². The van der Waals surface area contributed by atoms with Crippen LogP contribution in [-0.2, 0) is 0 Å². The summed E-state index contributed by atoms with van der Waals surface area (Å²) in [4.78, 5) is 4.58. The Bertz CT molecular complexity index is 926. The minimum atomic E-state index is -0.157. The molecule has 0 aliphatic heterocycles. The fraction of sp³-hybridized carbons (Fsp3) is 0.0952. The normalized spacial score (nSPS) is 12.3. The molecule has 2 nitrogen and oxygen atoms in total. The van der Waals surface area contributed by atoms with Gasteiger partial charge in [-0.05, 0) is 48.4 Å². The van der Waals surface area contributed by atoms with E-state index in [0.29, 0.717) is 15.1 Å². The average molecular weight is 405 g/mol. The zero-order valence-corrected chi connectivity index (χ0v) is 16.3. The highest BCUT2D eigenvalue weighted by atomic mass is 35.5. The van der Waals surface area contributed by atoms with Crippen LogP contribution < -0.4 is 4.74 Å². The highest BCUT2D eigenvalue weighted by Gasteiger charge is 2.13. The molecule has 0 spiro atoms. The van der Waals surface area contributed by atoms with Crippen molar-refractivity contribution in [3.63, 3.8) is 0 Å². The van der Waals surface area contributed by atoms with Crippen molar-refractivity contribution in [2.45, 2.75) is 13.0 Å². The minimum absolute atomic E-state index is 0.157. The second-order valence-electron chi connectivity index (χ2n) is 5.71. The van der Waals surface area contributed by atoms with Gasteiger partial charge in [0, 0.05) is 6.21 Å². The van der Waals surface area contributed by atoms with Gasteiger partial charge in [0.15, 0.2) is 0 Å². The Balaban J connectivity index is 1.76. The van der Waals surface area contributed by atoms with E-state index in [1.54, 1.807) is 12.3 Å². The predicted octanol–water partition coefficient (Wildman–Crippen LogP) is 7.62. The molecule has 0 saturated heterocycles. The topological polar surface area (TPSA) is 21.6 Å². The van der Waals surface area contributed by atoms with E-state index in [9.17, 15) is 0 Å². The maximum Gasteiger partial charge on any atom is 0.128 e. The summed E-state index contributed by atoms with van der Waals surface area (Å²) in [6, 6.07) is 20.8. The summed E-state index contributed by atoms with van der Waals surface area (Å²) in [5.74, 6) is 1.54. The molecule has 0 N–H and O–H groups in total. The Morgan fingerprint density at radius 1 is 0.846 bits per heavy atom. The number of halogens is 3. The highest BCUT2D eigenvalue weighted by molar-refractivity contribution is 6.48. The van der Waals surface area contributed by atoms with Gasteiger partial charge in [-0.2, -0.15) is 0 Å². The SMILES string of the molecule is CC(/N=C/c1cccc(Oc2ccccc2)c1)c1ccc(Cl)c(Cl)c1Cl. The summed E-state index contributed by atoms with van der Waals surface area (Å²) >= 11 is 18.4. The van der Waals surface area contributed by atoms with Gasteiger partial charge in [0.1, 0.15) is 11.5 Å². The summed E-state index contributed by atoms with van der Waals surface area (Å²) in [6.07, 6.45) is 1.79. The van der Waals surface area contributed by atoms with Gasteiger partial charge in [0.25, 0.3) is 0 Å². The lowest BCUT2D eigenvalue weighted by Gasteiger charge is -2.11. The number of hydrogen-bond donors (Lipinski definition) is 0. The lowest BCUT2D eigenvalue weighted by atomic mass is 10.1. The van der Waals surface area contributed by atoms with E-state index in [1.165, 1.54) is 0 Å². The first-order valence-electron chi connectivity index (χ1n) is 8.04. The fourth-order valence-electron chi connectivity index (χ4n) is 2.42. The zero-order valence-electron chi connectivity index (χ0n) is 14.0. The van der Waals surface area contributed by atoms with Crippen LogP contribution in [0.5, 0.6) is 11.5 Å². The Morgan fingerprint density at radius 3 is 2.35 bits per heavy atom. The molecule has 0 aromatic heterocycles. The van der Waals surface area contributed by atoms with Crippen molar-refractivity contribution >= 4 is 41.0 Å². The molecule has 0 radical (unpaired) electrons. The maximum absolute atomic E-state index is 6.28. The molecule has 1 unspecified atom stereocenters. The number of para-hydroxylation sites is 1. The largest absolute Gasteiger partial charge is 0.457 e. The molecule has 1 atom stereocenters. The molecule has 0 fully saturated rings. The Kier molecular flexibility index (Phi) is 6.20. The third kappa shape index (κ3) is 4.59. The van der Waals surface area contributed by atoms with E-state index in [4.69, 9.17) is 39.5 Å². The second kappa shape index (κ2) is 8.59. The monoisotopic (exact) mass is 403 g/mol. The van der Waals surface area contributed by atoms with Crippen molar-refractivity contribution < 1.29 is 4.74 Å². The first kappa shape index (κ1) is 18.8. The molecule has 3 aromatic rings. The molecule has 5 heteroatoms. The Labute approximate surface area is 168 Å². The van der Waals surface area contributed by atoms with Crippen LogP contribution >= 0.6 is 34.8 Å². The molecule has 0 heterocycles. The molecule has 3 rings (SSSR count). The van der Waals surface area contributed by atoms with Crippen LogP contribution in [0.2, 0.25) is 15.1 Å². The number of rotatable bonds is 5. The number of hydrogen-bond acceptors (Lipinski definition) is 2. The molecule has 0 aliphatic carbocycles. The van der Waals surface area contributed by atoms with E-state index in [-0.39, 0.29) is 6.04 Å². The van der Waals surface area contributed by atoms with Gasteiger partial charge in [-0.25, -0.2) is 0 Å². The van der Waals surface area contributed by atoms with Gasteiger partial charge >= 0.3 is 0 Å². The first-order valence-corrected chi connectivity index (χ1v) is 9.17. The summed E-state index contributed by atoms with van der Waals surface area (Å²) < 4.78 is 5.84. The molecule has 3 aromatic carbocycles. The third-order valence-electron chi connectivity index (χ3n) is 3.80. The van der Waals surface area contributed by atoms with Crippen molar-refractivity contribution in [3.8, 4) is 11.5 Å². The van der Waals surface area contributed by atoms with Crippen LogP contribution in [0.15, 0.2) is 71.7 Å². The molecule has 0 amide bonds. The Hall–Kier alpha value is -2.00. The molecule has 132 valence electrons. The highest BCUT2D eigenvalue weighted by Crippen LogP contribution is 2.36. The van der Waals surface area contributed by atoms with Crippen LogP contribution in [-0.4, -0.2) is 6.21 Å². The van der Waals surface area contributed by atoms with E-state index in [1.807, 2.05) is 67.6 Å². The number of benzene rings is 3. The number of ether oxygens (including phenoxy) is 1. The maximum atomic E-state index is 6.28. The third-order valence-corrected chi connectivity index (χ3v) is 5.11. The molecule has 0 saturated carbocycles. The van der Waals surface area contributed by atoms with Gasteiger partial charge in [0.05, 0.1) is 21.1 Å². The van der Waals surface area contributed by atoms with Crippen molar-refractivity contribution in [3.05, 3.63) is 92.9 Å². The summed E-state index contributed by atoms with van der Waals surface area (Å²) in [5.41, 5.74) is 1.76. The molecule has 26 heavy (non-hydrogen) atoms. The van der Waals surface area contributed by atoms with E-state index in [2.05, 4.69) is 4.99 Å². The standard InChI is InChI=1S/C21H16Cl3NO/c1-14(18-10-11-19(22)21(24)20(18)23)25-13-15-6-5-9-17(12-15)26-16-7-3-2-4-8-16/h2-14H,1H3/b25-13+. The van der Waals surface area contributed by atoms with Crippen LogP contribution in [0, 0.1) is 0 Å². The van der Waals surface area contributed by atoms with E-state index >= 15 is 0 Å². The minimum Gasteiger partial charge on any atom is -0.457 e. The van der Waals surface area contributed by atoms with Gasteiger partial charge in [0.2, 0.25) is 0 Å². The van der Waals surface area contributed by atoms with Gasteiger partial charge < -0.3 is 4.74 Å². The Morgan fingerprint density at radius 2 is 1.58 bits per heavy atom. The number of nitrogens with zero attached hydrogens (tertiary/aromatic N) is 1. The molecule has 0 aliphatic rings. The van der Waals surface area contributed by atoms with Gasteiger partial charge in [-0.3, -0.25) is 4.99 Å². The second-order valence-corrected chi connectivity index (χ2v) is 6.87. The van der Waals surface area contributed by atoms with Crippen LogP contribution in [0.25, 0.3) is 0 Å². The lowest BCUT2D eigenvalue weighted by Crippen LogP contribution is -1.94. The molecular weight excluding hydrogens is 389 g/mol.